The van der Waals surface area contributed by atoms with E-state index in [1.165, 1.54) is 7.11 Å². The molecular weight excluding hydrogens is 618 g/mol. The van der Waals surface area contributed by atoms with Crippen LogP contribution < -0.4 is 29.6 Å². The van der Waals surface area contributed by atoms with E-state index in [1.54, 1.807) is 62.8 Å². The summed E-state index contributed by atoms with van der Waals surface area (Å²) < 4.78 is 33.7. The van der Waals surface area contributed by atoms with Gasteiger partial charge in [0.05, 0.1) is 43.0 Å². The van der Waals surface area contributed by atoms with E-state index < -0.39 is 23.4 Å². The van der Waals surface area contributed by atoms with Crippen LogP contribution in [0, 0.1) is 4.91 Å². The number of pyridine rings is 1. The van der Waals surface area contributed by atoms with Crippen LogP contribution in [-0.4, -0.2) is 47.7 Å². The van der Waals surface area contributed by atoms with Gasteiger partial charge in [0.1, 0.15) is 17.2 Å². The van der Waals surface area contributed by atoms with Crippen molar-refractivity contribution in [3.63, 3.8) is 0 Å². The minimum absolute atomic E-state index is 0.0111. The van der Waals surface area contributed by atoms with Gasteiger partial charge in [-0.15, -0.1) is 0 Å². The maximum Gasteiger partial charge on any atom is 0.294 e. The highest BCUT2D eigenvalue weighted by molar-refractivity contribution is 7.86. The molecule has 0 saturated heterocycles. The van der Waals surface area contributed by atoms with Gasteiger partial charge in [-0.3, -0.25) is 9.52 Å². The molecule has 0 spiro atoms. The van der Waals surface area contributed by atoms with Gasteiger partial charge >= 0.3 is 0 Å². The molecule has 11 nitrogen and oxygen atoms in total. The summed E-state index contributed by atoms with van der Waals surface area (Å²) in [5, 5.41) is 7.15. The normalized spacial score (nSPS) is 11.4. The summed E-state index contributed by atoms with van der Waals surface area (Å²) in [6, 6.07) is 27.0. The molecule has 5 rings (SSSR count). The molecule has 0 aliphatic rings. The SMILES string of the molecule is CCc1c(Nc2cc(OC)cc(OC)c2)c(NS(=O)c2cccc(NC(=O)C[N+](=O)Cc3ccccc3OC)c2)nc2ccccc12. The first kappa shape index (κ1) is 32.9. The number of amides is 1. The lowest BCUT2D eigenvalue weighted by atomic mass is 10.0. The number of fused-ring (bicyclic) bond motifs is 1. The predicted octanol–water partition coefficient (Wildman–Crippen LogP) is 6.62. The first-order chi connectivity index (χ1) is 22.8. The molecule has 47 heavy (non-hydrogen) atoms. The van der Waals surface area contributed by atoms with Gasteiger partial charge in [0.15, 0.2) is 16.8 Å². The van der Waals surface area contributed by atoms with Crippen molar-refractivity contribution < 1.29 is 28.0 Å². The standard InChI is InChI=1S/C35H35N5O6S/c1-5-29-30-14-7-8-15-31(30)38-35(34(29)37-25-17-26(44-2)20-27(18-25)45-3)39-47(43)28-13-10-12-24(19-28)36-33(41)22-40(42)21-23-11-6-9-16-32(23)46-4/h6-20,37H,5,21-22H2,1-4H3,(H-,36,38,39,41)/p+1. The molecular formula is C35H36N5O6S+. The second kappa shape index (κ2) is 15.2. The van der Waals surface area contributed by atoms with Crippen LogP contribution in [0.2, 0.25) is 0 Å². The largest absolute Gasteiger partial charge is 0.497 e. The maximum atomic E-state index is 13.7. The van der Waals surface area contributed by atoms with Gasteiger partial charge in [-0.05, 0) is 48.4 Å². The van der Waals surface area contributed by atoms with Crippen LogP contribution in [0.3, 0.4) is 0 Å². The summed E-state index contributed by atoms with van der Waals surface area (Å²) in [7, 11) is 2.92. The first-order valence-electron chi connectivity index (χ1n) is 14.9. The van der Waals surface area contributed by atoms with Gasteiger partial charge in [-0.25, -0.2) is 9.19 Å². The molecule has 4 aromatic carbocycles. The van der Waals surface area contributed by atoms with E-state index in [0.717, 1.165) is 16.5 Å². The molecule has 3 N–H and O–H groups in total. The Morgan fingerprint density at radius 2 is 1.57 bits per heavy atom. The molecule has 5 aromatic rings. The van der Waals surface area contributed by atoms with Gasteiger partial charge in [0.25, 0.3) is 12.5 Å². The second-order valence-electron chi connectivity index (χ2n) is 10.5. The summed E-state index contributed by atoms with van der Waals surface area (Å²) in [6.45, 7) is 1.64. The third kappa shape index (κ3) is 8.03. The van der Waals surface area contributed by atoms with Crippen molar-refractivity contribution in [1.29, 1.82) is 0 Å². The number of rotatable bonds is 14. The number of carbonyl (C=O) groups is 1. The Morgan fingerprint density at radius 3 is 2.30 bits per heavy atom. The number of nitrogens with zero attached hydrogens (tertiary/aromatic N) is 2. The zero-order valence-electron chi connectivity index (χ0n) is 26.5. The number of ether oxygens (including phenoxy) is 3. The van der Waals surface area contributed by atoms with Crippen LogP contribution in [0.15, 0.2) is 95.9 Å². The summed E-state index contributed by atoms with van der Waals surface area (Å²) in [5.74, 6) is 1.67. The quantitative estimate of drug-likeness (QED) is 0.114. The molecule has 242 valence electrons. The number of anilines is 4. The number of carbonyl (C=O) groups excluding carboxylic acids is 1. The number of methoxy groups -OCH3 is 3. The molecule has 1 amide bonds. The highest BCUT2D eigenvalue weighted by Gasteiger charge is 2.20. The lowest BCUT2D eigenvalue weighted by Gasteiger charge is -2.19. The van der Waals surface area contributed by atoms with Gasteiger partial charge < -0.3 is 24.8 Å². The van der Waals surface area contributed by atoms with E-state index >= 15 is 0 Å². The molecule has 1 aromatic heterocycles. The van der Waals surface area contributed by atoms with E-state index in [2.05, 4.69) is 15.4 Å². The van der Waals surface area contributed by atoms with Gasteiger partial charge in [-0.1, -0.05) is 43.3 Å². The Balaban J connectivity index is 1.37. The Kier molecular flexibility index (Phi) is 10.6. The number of para-hydroxylation sites is 2. The fraction of sp³-hybridized carbons (Fsp3) is 0.200. The third-order valence-corrected chi connectivity index (χ3v) is 8.42. The van der Waals surface area contributed by atoms with Crippen molar-refractivity contribution in [1.82, 2.24) is 4.98 Å². The van der Waals surface area contributed by atoms with E-state index in [0.29, 0.717) is 61.8 Å². The van der Waals surface area contributed by atoms with Crippen molar-refractivity contribution in [2.75, 3.05) is 43.2 Å². The van der Waals surface area contributed by atoms with Crippen LogP contribution in [0.4, 0.5) is 22.9 Å². The molecule has 0 saturated carbocycles. The topological polar surface area (TPSA) is 131 Å². The van der Waals surface area contributed by atoms with Gasteiger partial charge in [0, 0.05) is 44.6 Å². The van der Waals surface area contributed by atoms with Crippen molar-refractivity contribution in [3.8, 4) is 17.2 Å². The summed E-state index contributed by atoms with van der Waals surface area (Å²) in [6.07, 6.45) is 0.670. The highest BCUT2D eigenvalue weighted by atomic mass is 32.2. The highest BCUT2D eigenvalue weighted by Crippen LogP contribution is 2.37. The van der Waals surface area contributed by atoms with Crippen LogP contribution in [-0.2, 0) is 28.7 Å². The van der Waals surface area contributed by atoms with Crippen LogP contribution in [0.5, 0.6) is 17.2 Å². The molecule has 1 atom stereocenters. The van der Waals surface area contributed by atoms with Crippen molar-refractivity contribution in [2.45, 2.75) is 24.8 Å². The predicted molar refractivity (Wildman–Crippen MR) is 184 cm³/mol. The number of hydrogen-bond donors (Lipinski definition) is 3. The Labute approximate surface area is 275 Å². The average molecular weight is 655 g/mol. The fourth-order valence-corrected chi connectivity index (χ4v) is 6.03. The maximum absolute atomic E-state index is 13.7. The summed E-state index contributed by atoms with van der Waals surface area (Å²) >= 11 is 0. The molecule has 0 aliphatic heterocycles. The van der Waals surface area contributed by atoms with Gasteiger partial charge in [0.2, 0.25) is 6.54 Å². The van der Waals surface area contributed by atoms with E-state index in [4.69, 9.17) is 19.2 Å². The Morgan fingerprint density at radius 1 is 0.851 bits per heavy atom. The zero-order chi connectivity index (χ0) is 33.3. The number of nitrogens with one attached hydrogen (secondary N) is 3. The molecule has 0 fully saturated rings. The van der Waals surface area contributed by atoms with E-state index in [9.17, 15) is 13.9 Å². The summed E-state index contributed by atoms with van der Waals surface area (Å²) in [5.41, 5.74) is 4.15. The first-order valence-corrected chi connectivity index (χ1v) is 16.0. The molecule has 1 unspecified atom stereocenters. The lowest BCUT2D eigenvalue weighted by molar-refractivity contribution is -0.553. The van der Waals surface area contributed by atoms with E-state index in [-0.39, 0.29) is 6.54 Å². The van der Waals surface area contributed by atoms with Crippen molar-refractivity contribution in [3.05, 3.63) is 107 Å². The fourth-order valence-electron chi connectivity index (χ4n) is 5.16. The summed E-state index contributed by atoms with van der Waals surface area (Å²) in [4.78, 5) is 30.5. The van der Waals surface area contributed by atoms with Crippen LogP contribution >= 0.6 is 0 Å². The second-order valence-corrected chi connectivity index (χ2v) is 11.7. The minimum Gasteiger partial charge on any atom is -0.497 e. The zero-order valence-corrected chi connectivity index (χ0v) is 27.4. The van der Waals surface area contributed by atoms with Crippen molar-refractivity contribution in [2.24, 2.45) is 0 Å². The smallest absolute Gasteiger partial charge is 0.294 e. The minimum atomic E-state index is -1.77. The number of hydrogen-bond acceptors (Lipinski definition) is 8. The number of aryl methyl sites for hydroxylation is 1. The average Bonchev–Trinajstić information content (AvgIpc) is 3.08. The molecule has 12 heteroatoms. The Bertz CT molecular complexity index is 1930. The third-order valence-electron chi connectivity index (χ3n) is 7.35. The number of benzene rings is 4. The number of nitroso groups, excluding NO2 is 1. The monoisotopic (exact) mass is 654 g/mol. The molecule has 1 heterocycles. The van der Waals surface area contributed by atoms with E-state index in [1.807, 2.05) is 49.4 Å². The lowest BCUT2D eigenvalue weighted by Crippen LogP contribution is -2.24. The molecule has 0 bridgehead atoms. The molecule has 0 aliphatic carbocycles. The van der Waals surface area contributed by atoms with Crippen LogP contribution in [0.1, 0.15) is 18.1 Å². The Hall–Kier alpha value is -5.49. The molecule has 0 radical (unpaired) electrons. The van der Waals surface area contributed by atoms with Crippen molar-refractivity contribution >= 4 is 50.7 Å². The van der Waals surface area contributed by atoms with Gasteiger partial charge in [-0.2, -0.15) is 0 Å². The number of aromatic nitrogens is 1. The van der Waals surface area contributed by atoms with Crippen LogP contribution in [0.25, 0.3) is 10.9 Å².